The summed E-state index contributed by atoms with van der Waals surface area (Å²) in [5, 5.41) is 0. The lowest BCUT2D eigenvalue weighted by Crippen LogP contribution is -2.27. The molecule has 2 aromatic rings. The van der Waals surface area contributed by atoms with Crippen molar-refractivity contribution in [3.8, 4) is 0 Å². The van der Waals surface area contributed by atoms with Crippen molar-refractivity contribution in [2.45, 2.75) is 11.8 Å². The molecule has 3 heteroatoms. The second-order valence-electron chi connectivity index (χ2n) is 5.49. The molecule has 0 N–H and O–H groups in total. The molecule has 0 bridgehead atoms. The highest BCUT2D eigenvalue weighted by atomic mass is 32.2. The lowest BCUT2D eigenvalue weighted by atomic mass is 10.0. The van der Waals surface area contributed by atoms with Crippen molar-refractivity contribution in [3.05, 3.63) is 60.7 Å². The van der Waals surface area contributed by atoms with E-state index in [1.54, 1.807) is 11.8 Å². The van der Waals surface area contributed by atoms with Crippen LogP contribution in [0.1, 0.15) is 6.92 Å². The monoisotopic (exact) mass is 297 g/mol. The molecule has 1 fully saturated rings. The predicted molar refractivity (Wildman–Crippen MR) is 88.6 cm³/mol. The van der Waals surface area contributed by atoms with E-state index in [-0.39, 0.29) is 11.8 Å². The maximum absolute atomic E-state index is 12.7. The van der Waals surface area contributed by atoms with Gasteiger partial charge in [-0.15, -0.1) is 11.8 Å². The van der Waals surface area contributed by atoms with Crippen molar-refractivity contribution >= 4 is 23.4 Å². The Morgan fingerprint density at radius 1 is 1.05 bits per heavy atom. The van der Waals surface area contributed by atoms with Crippen LogP contribution in [-0.2, 0) is 4.79 Å². The second-order valence-corrected chi connectivity index (χ2v) is 6.59. The second kappa shape index (κ2) is 6.35. The minimum Gasteiger partial charge on any atom is -0.312 e. The summed E-state index contributed by atoms with van der Waals surface area (Å²) in [7, 11) is 0. The van der Waals surface area contributed by atoms with Crippen molar-refractivity contribution in [3.63, 3.8) is 0 Å². The molecule has 3 rings (SSSR count). The fourth-order valence-corrected chi connectivity index (χ4v) is 3.92. The third-order valence-electron chi connectivity index (χ3n) is 3.98. The van der Waals surface area contributed by atoms with Gasteiger partial charge in [0.2, 0.25) is 5.91 Å². The summed E-state index contributed by atoms with van der Waals surface area (Å²) in [6.07, 6.45) is 0. The fraction of sp³-hybridized carbons (Fsp3) is 0.278. The van der Waals surface area contributed by atoms with Gasteiger partial charge in [-0.25, -0.2) is 0 Å². The van der Waals surface area contributed by atoms with Gasteiger partial charge < -0.3 is 4.90 Å². The van der Waals surface area contributed by atoms with Crippen molar-refractivity contribution < 1.29 is 4.79 Å². The highest BCUT2D eigenvalue weighted by molar-refractivity contribution is 7.99. The van der Waals surface area contributed by atoms with Crippen molar-refractivity contribution in [2.24, 2.45) is 11.8 Å². The van der Waals surface area contributed by atoms with Crippen LogP contribution < -0.4 is 4.90 Å². The Balaban J connectivity index is 1.68. The number of thioether (sulfide) groups is 1. The van der Waals surface area contributed by atoms with E-state index in [1.165, 1.54) is 4.90 Å². The summed E-state index contributed by atoms with van der Waals surface area (Å²) < 4.78 is 0. The van der Waals surface area contributed by atoms with Crippen LogP contribution >= 0.6 is 11.8 Å². The van der Waals surface area contributed by atoms with Gasteiger partial charge in [0.05, 0.1) is 5.92 Å². The SMILES string of the molecule is C[C@@H]1CN(c2ccccc2)C(=O)[C@H]1CSc1ccccc1. The number of carbonyl (C=O) groups excluding carboxylic acids is 1. The zero-order chi connectivity index (χ0) is 14.7. The summed E-state index contributed by atoms with van der Waals surface area (Å²) in [6.45, 7) is 3.00. The minimum atomic E-state index is 0.107. The molecule has 1 saturated heterocycles. The summed E-state index contributed by atoms with van der Waals surface area (Å²) in [5.74, 6) is 1.62. The molecule has 2 nitrogen and oxygen atoms in total. The number of benzene rings is 2. The number of rotatable bonds is 4. The van der Waals surface area contributed by atoms with Gasteiger partial charge >= 0.3 is 0 Å². The van der Waals surface area contributed by atoms with E-state index in [4.69, 9.17) is 0 Å². The van der Waals surface area contributed by atoms with Crippen LogP contribution in [-0.4, -0.2) is 18.2 Å². The van der Waals surface area contributed by atoms with Gasteiger partial charge in [-0.05, 0) is 30.2 Å². The highest BCUT2D eigenvalue weighted by Gasteiger charge is 2.38. The number of amides is 1. The van der Waals surface area contributed by atoms with Gasteiger partial charge in [0.15, 0.2) is 0 Å². The van der Waals surface area contributed by atoms with Crippen LogP contribution in [0.2, 0.25) is 0 Å². The number of nitrogens with zero attached hydrogens (tertiary/aromatic N) is 1. The fourth-order valence-electron chi connectivity index (χ4n) is 2.73. The molecule has 0 aliphatic carbocycles. The molecule has 21 heavy (non-hydrogen) atoms. The smallest absolute Gasteiger partial charge is 0.231 e. The quantitative estimate of drug-likeness (QED) is 0.793. The van der Waals surface area contributed by atoms with Crippen LogP contribution in [0.4, 0.5) is 5.69 Å². The van der Waals surface area contributed by atoms with Crippen LogP contribution in [0.25, 0.3) is 0 Å². The van der Waals surface area contributed by atoms with Gasteiger partial charge in [-0.2, -0.15) is 0 Å². The summed E-state index contributed by atoms with van der Waals surface area (Å²) in [4.78, 5) is 15.8. The maximum Gasteiger partial charge on any atom is 0.231 e. The van der Waals surface area contributed by atoms with Gasteiger partial charge in [0, 0.05) is 22.9 Å². The topological polar surface area (TPSA) is 20.3 Å². The van der Waals surface area contributed by atoms with Gasteiger partial charge in [-0.1, -0.05) is 43.3 Å². The Hall–Kier alpha value is -1.74. The molecule has 0 saturated carbocycles. The van der Waals surface area contributed by atoms with Crippen molar-refractivity contribution in [1.82, 2.24) is 0 Å². The molecule has 0 unspecified atom stereocenters. The first-order valence-electron chi connectivity index (χ1n) is 7.30. The third-order valence-corrected chi connectivity index (χ3v) is 5.11. The number of carbonyl (C=O) groups is 1. The van der Waals surface area contributed by atoms with E-state index in [2.05, 4.69) is 19.1 Å². The van der Waals surface area contributed by atoms with Crippen LogP contribution in [0, 0.1) is 11.8 Å². The molecule has 1 amide bonds. The summed E-state index contributed by atoms with van der Waals surface area (Å²) in [5.41, 5.74) is 1.02. The Bertz CT molecular complexity index is 599. The lowest BCUT2D eigenvalue weighted by molar-refractivity contribution is -0.120. The zero-order valence-corrected chi connectivity index (χ0v) is 12.9. The molecule has 0 spiro atoms. The standard InChI is InChI=1S/C18H19NOS/c1-14-12-19(15-8-4-2-5-9-15)18(20)17(14)13-21-16-10-6-3-7-11-16/h2-11,14,17H,12-13H2,1H3/t14-,17+/m1/s1. The Morgan fingerprint density at radius 3 is 2.33 bits per heavy atom. The maximum atomic E-state index is 12.7. The van der Waals surface area contributed by atoms with Crippen LogP contribution in [0.15, 0.2) is 65.6 Å². The molecule has 1 aliphatic rings. The molecule has 2 aromatic carbocycles. The Labute approximate surface area is 130 Å². The zero-order valence-electron chi connectivity index (χ0n) is 12.1. The Morgan fingerprint density at radius 2 is 1.67 bits per heavy atom. The van der Waals surface area contributed by atoms with E-state index in [1.807, 2.05) is 53.4 Å². The van der Waals surface area contributed by atoms with Gasteiger partial charge in [-0.3, -0.25) is 4.79 Å². The third kappa shape index (κ3) is 3.13. The normalized spacial score (nSPS) is 21.8. The molecule has 108 valence electrons. The van der Waals surface area contributed by atoms with Gasteiger partial charge in [0.25, 0.3) is 0 Å². The summed E-state index contributed by atoms with van der Waals surface area (Å²) in [6, 6.07) is 20.3. The molecule has 2 atom stereocenters. The number of para-hydroxylation sites is 1. The van der Waals surface area contributed by atoms with Crippen LogP contribution in [0.3, 0.4) is 0 Å². The minimum absolute atomic E-state index is 0.107. The van der Waals surface area contributed by atoms with E-state index >= 15 is 0 Å². The first kappa shape index (κ1) is 14.2. The van der Waals surface area contributed by atoms with Crippen LogP contribution in [0.5, 0.6) is 0 Å². The van der Waals surface area contributed by atoms with Crippen molar-refractivity contribution in [1.29, 1.82) is 0 Å². The molecule has 0 radical (unpaired) electrons. The van der Waals surface area contributed by atoms with E-state index in [0.29, 0.717) is 5.92 Å². The van der Waals surface area contributed by atoms with Gasteiger partial charge in [0.1, 0.15) is 0 Å². The van der Waals surface area contributed by atoms with Crippen molar-refractivity contribution in [2.75, 3.05) is 17.2 Å². The largest absolute Gasteiger partial charge is 0.312 e. The predicted octanol–water partition coefficient (Wildman–Crippen LogP) is 4.08. The van der Waals surface area contributed by atoms with E-state index in [0.717, 1.165) is 18.0 Å². The summed E-state index contributed by atoms with van der Waals surface area (Å²) >= 11 is 1.77. The molecular formula is C18H19NOS. The molecule has 1 heterocycles. The average Bonchev–Trinajstić information content (AvgIpc) is 2.82. The Kier molecular flexibility index (Phi) is 4.30. The number of hydrogen-bond donors (Lipinski definition) is 0. The first-order valence-corrected chi connectivity index (χ1v) is 8.28. The highest BCUT2D eigenvalue weighted by Crippen LogP contribution is 2.33. The molecule has 0 aromatic heterocycles. The number of hydrogen-bond acceptors (Lipinski definition) is 2. The average molecular weight is 297 g/mol. The number of anilines is 1. The lowest BCUT2D eigenvalue weighted by Gasteiger charge is -2.16. The first-order chi connectivity index (χ1) is 10.3. The van der Waals surface area contributed by atoms with E-state index < -0.39 is 0 Å². The molecular weight excluding hydrogens is 278 g/mol. The van der Waals surface area contributed by atoms with E-state index in [9.17, 15) is 4.79 Å². The molecule has 1 aliphatic heterocycles.